The van der Waals surface area contributed by atoms with Gasteiger partial charge in [0.15, 0.2) is 0 Å². The Bertz CT molecular complexity index is 668. The van der Waals surface area contributed by atoms with E-state index in [1.165, 1.54) is 22.5 Å². The van der Waals surface area contributed by atoms with E-state index >= 15 is 0 Å². The monoisotopic (exact) mass is 361 g/mol. The van der Waals surface area contributed by atoms with Crippen molar-refractivity contribution >= 4 is 27.6 Å². The number of carbonyl (C=O) groups is 1. The van der Waals surface area contributed by atoms with Gasteiger partial charge in [0.05, 0.1) is 22.4 Å². The van der Waals surface area contributed by atoms with E-state index in [1.807, 2.05) is 6.92 Å². The number of carboxylic acid groups (broad SMARTS) is 1. The van der Waals surface area contributed by atoms with E-state index in [-0.39, 0.29) is 18.0 Å². The highest BCUT2D eigenvalue weighted by Gasteiger charge is 2.32. The van der Waals surface area contributed by atoms with Crippen LogP contribution in [0.3, 0.4) is 0 Å². The number of sulfonamides is 1. The molecule has 0 aromatic heterocycles. The molecule has 0 atom stereocenters. The molecule has 1 aliphatic rings. The van der Waals surface area contributed by atoms with Crippen LogP contribution in [0, 0.1) is 5.92 Å². The van der Waals surface area contributed by atoms with Crippen molar-refractivity contribution in [1.82, 2.24) is 4.31 Å². The minimum absolute atomic E-state index is 0.113. The number of aliphatic carboxylic acids is 1. The summed E-state index contributed by atoms with van der Waals surface area (Å²) < 4.78 is 32.1. The number of nitrogens with zero attached hydrogens (tertiary/aromatic N) is 1. The Balaban J connectivity index is 2.18. The van der Waals surface area contributed by atoms with Gasteiger partial charge in [0.25, 0.3) is 0 Å². The van der Waals surface area contributed by atoms with Gasteiger partial charge >= 0.3 is 5.97 Å². The smallest absolute Gasteiger partial charge is 0.306 e. The third-order valence-electron chi connectivity index (χ3n) is 3.81. The van der Waals surface area contributed by atoms with Crippen molar-refractivity contribution in [3.8, 4) is 5.75 Å². The molecule has 128 valence electrons. The molecule has 1 heterocycles. The van der Waals surface area contributed by atoms with Crippen molar-refractivity contribution in [3.63, 3.8) is 0 Å². The number of hydrogen-bond acceptors (Lipinski definition) is 4. The zero-order valence-corrected chi connectivity index (χ0v) is 14.4. The van der Waals surface area contributed by atoms with Crippen molar-refractivity contribution in [2.45, 2.75) is 31.1 Å². The van der Waals surface area contributed by atoms with E-state index in [4.69, 9.17) is 21.4 Å². The van der Waals surface area contributed by atoms with Crippen LogP contribution in [-0.4, -0.2) is 43.5 Å². The van der Waals surface area contributed by atoms with Crippen LogP contribution in [0.2, 0.25) is 5.02 Å². The van der Waals surface area contributed by atoms with Crippen molar-refractivity contribution in [1.29, 1.82) is 0 Å². The molecule has 0 amide bonds. The lowest BCUT2D eigenvalue weighted by Gasteiger charge is -2.29. The van der Waals surface area contributed by atoms with Crippen molar-refractivity contribution in [3.05, 3.63) is 23.2 Å². The van der Waals surface area contributed by atoms with Crippen molar-refractivity contribution < 1.29 is 23.1 Å². The largest absolute Gasteiger partial charge is 0.492 e. The summed E-state index contributed by atoms with van der Waals surface area (Å²) in [5.41, 5.74) is 0. The Hall–Kier alpha value is -1.31. The number of benzene rings is 1. The van der Waals surface area contributed by atoms with E-state index in [9.17, 15) is 13.2 Å². The molecule has 1 aromatic carbocycles. The number of piperidine rings is 1. The first-order chi connectivity index (χ1) is 10.9. The summed E-state index contributed by atoms with van der Waals surface area (Å²) in [5.74, 6) is -1.01. The molecule has 23 heavy (non-hydrogen) atoms. The Morgan fingerprint density at radius 2 is 2.04 bits per heavy atom. The summed E-state index contributed by atoms with van der Waals surface area (Å²) in [6, 6.07) is 4.37. The third kappa shape index (κ3) is 4.16. The topological polar surface area (TPSA) is 83.9 Å². The van der Waals surface area contributed by atoms with E-state index in [0.29, 0.717) is 30.2 Å². The molecule has 8 heteroatoms. The molecule has 2 rings (SSSR count). The Labute approximate surface area is 141 Å². The summed E-state index contributed by atoms with van der Waals surface area (Å²) in [5, 5.41) is 9.36. The van der Waals surface area contributed by atoms with E-state index in [1.54, 1.807) is 0 Å². The van der Waals surface area contributed by atoms with Crippen LogP contribution in [0.25, 0.3) is 0 Å². The van der Waals surface area contributed by atoms with Crippen LogP contribution in [0.5, 0.6) is 5.75 Å². The fourth-order valence-electron chi connectivity index (χ4n) is 2.46. The predicted molar refractivity (Wildman–Crippen MR) is 86.4 cm³/mol. The summed E-state index contributed by atoms with van der Waals surface area (Å²) in [4.78, 5) is 11.1. The summed E-state index contributed by atoms with van der Waals surface area (Å²) >= 11 is 6.02. The molecule has 1 fully saturated rings. The maximum atomic E-state index is 12.7. The van der Waals surface area contributed by atoms with Gasteiger partial charge < -0.3 is 9.84 Å². The summed E-state index contributed by atoms with van der Waals surface area (Å²) in [6.07, 6.45) is 1.43. The van der Waals surface area contributed by atoms with E-state index in [2.05, 4.69) is 0 Å². The summed E-state index contributed by atoms with van der Waals surface area (Å²) in [6.45, 7) is 2.80. The van der Waals surface area contributed by atoms with Gasteiger partial charge in [-0.3, -0.25) is 4.79 Å². The third-order valence-corrected chi connectivity index (χ3v) is 6.01. The number of hydrogen-bond donors (Lipinski definition) is 1. The zero-order chi connectivity index (χ0) is 17.0. The molecule has 0 radical (unpaired) electrons. The highest BCUT2D eigenvalue weighted by molar-refractivity contribution is 7.89. The molecule has 1 aliphatic heterocycles. The lowest BCUT2D eigenvalue weighted by Crippen LogP contribution is -2.40. The lowest BCUT2D eigenvalue weighted by molar-refractivity contribution is -0.142. The molecular formula is C15H20ClNO5S. The lowest BCUT2D eigenvalue weighted by atomic mass is 9.99. The SMILES string of the molecule is CCCOc1cc(S(=O)(=O)N2CCC(C(=O)O)CC2)ccc1Cl. The Kier molecular flexibility index (Phi) is 5.89. The number of carboxylic acids is 1. The van der Waals surface area contributed by atoms with Gasteiger partial charge in [-0.1, -0.05) is 18.5 Å². The first-order valence-corrected chi connectivity index (χ1v) is 9.33. The number of ether oxygens (including phenoxy) is 1. The zero-order valence-electron chi connectivity index (χ0n) is 12.9. The Morgan fingerprint density at radius 3 is 2.61 bits per heavy atom. The van der Waals surface area contributed by atoms with Gasteiger partial charge in [-0.15, -0.1) is 0 Å². The highest BCUT2D eigenvalue weighted by atomic mass is 35.5. The highest BCUT2D eigenvalue weighted by Crippen LogP contribution is 2.30. The van der Waals surface area contributed by atoms with Gasteiger partial charge in [0, 0.05) is 19.2 Å². The standard InChI is InChI=1S/C15H20ClNO5S/c1-2-9-22-14-10-12(3-4-13(14)16)23(20,21)17-7-5-11(6-8-17)15(18)19/h3-4,10-11H,2,5-9H2,1H3,(H,18,19). The maximum absolute atomic E-state index is 12.7. The van der Waals surface area contributed by atoms with Crippen LogP contribution >= 0.6 is 11.6 Å². The predicted octanol–water partition coefficient (Wildman–Crippen LogP) is 2.61. The first-order valence-electron chi connectivity index (χ1n) is 7.51. The second-order valence-electron chi connectivity index (χ2n) is 5.46. The molecule has 1 aromatic rings. The second kappa shape index (κ2) is 7.51. The van der Waals surface area contributed by atoms with Crippen LogP contribution in [0.15, 0.2) is 23.1 Å². The van der Waals surface area contributed by atoms with Crippen LogP contribution < -0.4 is 4.74 Å². The van der Waals surface area contributed by atoms with Gasteiger partial charge in [-0.25, -0.2) is 8.42 Å². The molecular weight excluding hydrogens is 342 g/mol. The van der Waals surface area contributed by atoms with Gasteiger partial charge in [0.1, 0.15) is 5.75 Å². The molecule has 0 spiro atoms. The van der Waals surface area contributed by atoms with Gasteiger partial charge in [-0.05, 0) is 31.4 Å². The fraction of sp³-hybridized carbons (Fsp3) is 0.533. The summed E-state index contributed by atoms with van der Waals surface area (Å²) in [7, 11) is -3.67. The number of halogens is 1. The Morgan fingerprint density at radius 1 is 1.39 bits per heavy atom. The second-order valence-corrected chi connectivity index (χ2v) is 7.80. The maximum Gasteiger partial charge on any atom is 0.306 e. The fourth-order valence-corrected chi connectivity index (χ4v) is 4.12. The molecule has 1 saturated heterocycles. The normalized spacial score (nSPS) is 17.1. The molecule has 0 aliphatic carbocycles. The van der Waals surface area contributed by atoms with E-state index < -0.39 is 21.9 Å². The van der Waals surface area contributed by atoms with Crippen molar-refractivity contribution in [2.24, 2.45) is 5.92 Å². The van der Waals surface area contributed by atoms with Crippen molar-refractivity contribution in [2.75, 3.05) is 19.7 Å². The minimum atomic E-state index is -3.67. The molecule has 1 N–H and O–H groups in total. The molecule has 6 nitrogen and oxygen atoms in total. The van der Waals surface area contributed by atoms with Gasteiger partial charge in [-0.2, -0.15) is 4.31 Å². The average molecular weight is 362 g/mol. The van der Waals surface area contributed by atoms with Crippen LogP contribution in [-0.2, 0) is 14.8 Å². The molecule has 0 unspecified atom stereocenters. The molecule has 0 bridgehead atoms. The van der Waals surface area contributed by atoms with Gasteiger partial charge in [0.2, 0.25) is 10.0 Å². The van der Waals surface area contributed by atoms with Crippen LogP contribution in [0.4, 0.5) is 0 Å². The van der Waals surface area contributed by atoms with E-state index in [0.717, 1.165) is 6.42 Å². The average Bonchev–Trinajstić information content (AvgIpc) is 2.54. The minimum Gasteiger partial charge on any atom is -0.492 e. The number of rotatable bonds is 6. The molecule has 0 saturated carbocycles. The van der Waals surface area contributed by atoms with Crippen LogP contribution in [0.1, 0.15) is 26.2 Å². The quantitative estimate of drug-likeness (QED) is 0.841. The first kappa shape index (κ1) is 18.0.